The Balaban J connectivity index is 1.96. The first-order chi connectivity index (χ1) is 13.0. The Morgan fingerprint density at radius 3 is 2.54 bits per heavy atom. The van der Waals surface area contributed by atoms with Gasteiger partial charge in [-0.25, -0.2) is 9.78 Å². The first-order valence-corrected chi connectivity index (χ1v) is 9.33. The molecule has 2 aliphatic rings. The molecule has 3 rings (SSSR count). The van der Waals surface area contributed by atoms with Crippen LogP contribution >= 0.6 is 0 Å². The van der Waals surface area contributed by atoms with Crippen molar-refractivity contribution in [1.29, 1.82) is 0 Å². The number of pyridine rings is 1. The largest absolute Gasteiger partial charge is 0.481 e. The van der Waals surface area contributed by atoms with Gasteiger partial charge in [-0.2, -0.15) is 13.2 Å². The summed E-state index contributed by atoms with van der Waals surface area (Å²) in [5.41, 5.74) is -0.365. The number of amides is 1. The number of aromatic nitrogens is 1. The second kappa shape index (κ2) is 7.29. The van der Waals surface area contributed by atoms with Gasteiger partial charge in [-0.3, -0.25) is 4.90 Å². The van der Waals surface area contributed by atoms with E-state index in [1.165, 1.54) is 7.11 Å². The first-order valence-electron chi connectivity index (χ1n) is 9.33. The van der Waals surface area contributed by atoms with E-state index >= 15 is 0 Å². The van der Waals surface area contributed by atoms with Crippen molar-refractivity contribution in [2.24, 2.45) is 0 Å². The highest BCUT2D eigenvalue weighted by Gasteiger charge is 2.40. The predicted octanol–water partition coefficient (Wildman–Crippen LogP) is 5.05. The molecule has 0 radical (unpaired) electrons. The van der Waals surface area contributed by atoms with Crippen LogP contribution in [0.4, 0.5) is 18.0 Å². The van der Waals surface area contributed by atoms with Crippen LogP contribution in [0.15, 0.2) is 18.3 Å². The van der Waals surface area contributed by atoms with Crippen molar-refractivity contribution in [1.82, 2.24) is 9.88 Å². The van der Waals surface area contributed by atoms with Crippen LogP contribution in [-0.4, -0.2) is 40.8 Å². The van der Waals surface area contributed by atoms with Crippen LogP contribution in [0.2, 0.25) is 0 Å². The first kappa shape index (κ1) is 20.5. The number of nitrogens with zero attached hydrogens (tertiary/aromatic N) is 2. The standard InChI is InChI=1S/C20H25F3N2O3/c1-19(2,3)28-18(26)25-14-6-5-7-15(25)9-12(8-14)16-10-13(20(21,22)23)11-24-17(16)27-4/h8,10-11,14-15H,5-7,9H2,1-4H3. The molecule has 1 aromatic rings. The van der Waals surface area contributed by atoms with Gasteiger partial charge in [-0.05, 0) is 58.1 Å². The quantitative estimate of drug-likeness (QED) is 0.699. The minimum absolute atomic E-state index is 0.118. The van der Waals surface area contributed by atoms with Gasteiger partial charge in [0.1, 0.15) is 5.60 Å². The number of ether oxygens (including phenoxy) is 2. The average molecular weight is 398 g/mol. The molecule has 1 amide bonds. The van der Waals surface area contributed by atoms with Crippen molar-refractivity contribution in [3.05, 3.63) is 29.5 Å². The SMILES string of the molecule is COc1ncc(C(F)(F)F)cc1C1=CC2CCCC(C1)N2C(=O)OC(C)(C)C. The normalized spacial score (nSPS) is 22.5. The topological polar surface area (TPSA) is 51.7 Å². The molecule has 0 spiro atoms. The van der Waals surface area contributed by atoms with E-state index in [0.717, 1.165) is 37.1 Å². The molecule has 2 atom stereocenters. The molecule has 0 N–H and O–H groups in total. The number of hydrogen-bond donors (Lipinski definition) is 0. The molecule has 2 aliphatic heterocycles. The molecule has 3 heterocycles. The van der Waals surface area contributed by atoms with Crippen LogP contribution in [0.25, 0.3) is 5.57 Å². The molecule has 5 nitrogen and oxygen atoms in total. The highest BCUT2D eigenvalue weighted by atomic mass is 19.4. The van der Waals surface area contributed by atoms with Gasteiger partial charge in [0.25, 0.3) is 0 Å². The third-order valence-corrected chi connectivity index (χ3v) is 4.96. The summed E-state index contributed by atoms with van der Waals surface area (Å²) in [5, 5.41) is 0. The van der Waals surface area contributed by atoms with Gasteiger partial charge in [-0.1, -0.05) is 6.08 Å². The predicted molar refractivity (Wildman–Crippen MR) is 97.9 cm³/mol. The van der Waals surface area contributed by atoms with Crippen LogP contribution in [0.5, 0.6) is 5.88 Å². The fourth-order valence-electron chi connectivity index (χ4n) is 3.83. The zero-order chi connectivity index (χ0) is 20.7. The van der Waals surface area contributed by atoms with Crippen molar-refractivity contribution in [3.8, 4) is 5.88 Å². The Morgan fingerprint density at radius 1 is 1.25 bits per heavy atom. The minimum Gasteiger partial charge on any atom is -0.481 e. The van der Waals surface area contributed by atoms with Crippen LogP contribution < -0.4 is 4.74 Å². The van der Waals surface area contributed by atoms with Crippen LogP contribution in [0, 0.1) is 0 Å². The summed E-state index contributed by atoms with van der Waals surface area (Å²) in [5.74, 6) is 0.156. The van der Waals surface area contributed by atoms with Crippen LogP contribution in [-0.2, 0) is 10.9 Å². The Labute approximate surface area is 162 Å². The van der Waals surface area contributed by atoms with Gasteiger partial charge in [0.05, 0.1) is 18.7 Å². The smallest absolute Gasteiger partial charge is 0.417 e. The summed E-state index contributed by atoms with van der Waals surface area (Å²) in [6.45, 7) is 5.43. The second-order valence-corrected chi connectivity index (χ2v) is 8.21. The van der Waals surface area contributed by atoms with Gasteiger partial charge in [0, 0.05) is 17.8 Å². The number of carbonyl (C=O) groups is 1. The van der Waals surface area contributed by atoms with Crippen molar-refractivity contribution < 1.29 is 27.4 Å². The van der Waals surface area contributed by atoms with E-state index in [-0.39, 0.29) is 24.1 Å². The number of carbonyl (C=O) groups excluding carboxylic acids is 1. The Hall–Kier alpha value is -2.25. The summed E-state index contributed by atoms with van der Waals surface area (Å²) in [6.07, 6.45) is 0.688. The average Bonchev–Trinajstić information content (AvgIpc) is 2.57. The maximum absolute atomic E-state index is 13.2. The van der Waals surface area contributed by atoms with E-state index in [2.05, 4.69) is 4.98 Å². The van der Waals surface area contributed by atoms with Gasteiger partial charge in [0.15, 0.2) is 0 Å². The number of piperidine rings is 1. The van der Waals surface area contributed by atoms with E-state index in [1.807, 2.05) is 26.8 Å². The van der Waals surface area contributed by atoms with E-state index in [9.17, 15) is 18.0 Å². The number of hydrogen-bond acceptors (Lipinski definition) is 4. The number of fused-ring (bicyclic) bond motifs is 2. The number of methoxy groups -OCH3 is 1. The highest BCUT2D eigenvalue weighted by Crippen LogP contribution is 2.41. The molecular weight excluding hydrogens is 373 g/mol. The second-order valence-electron chi connectivity index (χ2n) is 8.21. The Kier molecular flexibility index (Phi) is 5.34. The lowest BCUT2D eigenvalue weighted by Gasteiger charge is -2.45. The lowest BCUT2D eigenvalue weighted by Crippen LogP contribution is -2.53. The maximum Gasteiger partial charge on any atom is 0.417 e. The molecule has 1 fully saturated rings. The fourth-order valence-corrected chi connectivity index (χ4v) is 3.83. The summed E-state index contributed by atoms with van der Waals surface area (Å²) >= 11 is 0. The molecule has 1 aromatic heterocycles. The molecule has 2 bridgehead atoms. The van der Waals surface area contributed by atoms with Crippen molar-refractivity contribution in [3.63, 3.8) is 0 Å². The summed E-state index contributed by atoms with van der Waals surface area (Å²) in [4.78, 5) is 18.2. The molecule has 0 saturated carbocycles. The van der Waals surface area contributed by atoms with Gasteiger partial charge in [-0.15, -0.1) is 0 Å². The van der Waals surface area contributed by atoms with Gasteiger partial charge < -0.3 is 9.47 Å². The highest BCUT2D eigenvalue weighted by molar-refractivity contribution is 5.76. The van der Waals surface area contributed by atoms with Gasteiger partial charge in [0.2, 0.25) is 5.88 Å². The number of rotatable bonds is 2. The lowest BCUT2D eigenvalue weighted by atomic mass is 9.83. The molecule has 0 aromatic carbocycles. The minimum atomic E-state index is -4.48. The van der Waals surface area contributed by atoms with E-state index < -0.39 is 17.3 Å². The third kappa shape index (κ3) is 4.25. The molecule has 154 valence electrons. The molecule has 28 heavy (non-hydrogen) atoms. The van der Waals surface area contributed by atoms with E-state index in [4.69, 9.17) is 9.47 Å². The lowest BCUT2D eigenvalue weighted by molar-refractivity contribution is -0.137. The molecular formula is C20H25F3N2O3. The molecule has 2 unspecified atom stereocenters. The van der Waals surface area contributed by atoms with Crippen molar-refractivity contribution >= 4 is 11.7 Å². The zero-order valence-electron chi connectivity index (χ0n) is 16.5. The maximum atomic E-state index is 13.2. The number of alkyl halides is 3. The van der Waals surface area contributed by atoms with E-state index in [1.54, 1.807) is 4.90 Å². The summed E-state index contributed by atoms with van der Waals surface area (Å²) in [7, 11) is 1.39. The Bertz CT molecular complexity index is 784. The van der Waals surface area contributed by atoms with E-state index in [0.29, 0.717) is 12.0 Å². The van der Waals surface area contributed by atoms with Crippen LogP contribution in [0.1, 0.15) is 57.6 Å². The third-order valence-electron chi connectivity index (χ3n) is 4.96. The van der Waals surface area contributed by atoms with Crippen molar-refractivity contribution in [2.75, 3.05) is 7.11 Å². The summed E-state index contributed by atoms with van der Waals surface area (Å²) in [6, 6.07) is 0.751. The number of halogens is 3. The van der Waals surface area contributed by atoms with Crippen molar-refractivity contribution in [2.45, 2.75) is 70.3 Å². The summed E-state index contributed by atoms with van der Waals surface area (Å²) < 4.78 is 50.2. The molecule has 0 aliphatic carbocycles. The molecule has 1 saturated heterocycles. The zero-order valence-corrected chi connectivity index (χ0v) is 16.5. The monoisotopic (exact) mass is 398 g/mol. The Morgan fingerprint density at radius 2 is 1.96 bits per heavy atom. The van der Waals surface area contributed by atoms with Crippen LogP contribution in [0.3, 0.4) is 0 Å². The van der Waals surface area contributed by atoms with Gasteiger partial charge >= 0.3 is 12.3 Å². The fraction of sp³-hybridized carbons (Fsp3) is 0.600. The molecule has 8 heteroatoms.